The van der Waals surface area contributed by atoms with Crippen molar-refractivity contribution in [3.63, 3.8) is 0 Å². The predicted octanol–water partition coefficient (Wildman–Crippen LogP) is 2.03. The summed E-state index contributed by atoms with van der Waals surface area (Å²) in [4.78, 5) is 16.3. The molecule has 2 N–H and O–H groups in total. The number of hydrazine groups is 1. The summed E-state index contributed by atoms with van der Waals surface area (Å²) >= 11 is 0. The summed E-state index contributed by atoms with van der Waals surface area (Å²) in [6.45, 7) is 4.82. The Labute approximate surface area is 114 Å². The van der Waals surface area contributed by atoms with Crippen molar-refractivity contribution in [1.29, 1.82) is 0 Å². The molecule has 0 unspecified atom stereocenters. The van der Waals surface area contributed by atoms with Gasteiger partial charge >= 0.3 is 0 Å². The van der Waals surface area contributed by atoms with Crippen LogP contribution in [0.4, 0.5) is 5.69 Å². The van der Waals surface area contributed by atoms with Gasteiger partial charge in [0, 0.05) is 25.8 Å². The number of nitrogens with one attached hydrogen (secondary N) is 2. The number of hydrogen-bond acceptors (Lipinski definition) is 4. The number of carbonyl (C=O) groups excluding carboxylic acids is 1. The molecule has 1 fully saturated rings. The second-order valence-corrected chi connectivity index (χ2v) is 4.84. The molecule has 0 aliphatic carbocycles. The number of pyridine rings is 1. The smallest absolute Gasteiger partial charge is 0.267 e. The lowest BCUT2D eigenvalue weighted by Gasteiger charge is -2.27. The van der Waals surface area contributed by atoms with Gasteiger partial charge in [0.2, 0.25) is 0 Å². The highest BCUT2D eigenvalue weighted by Crippen LogP contribution is 2.14. The van der Waals surface area contributed by atoms with E-state index in [0.717, 1.165) is 44.6 Å². The molecule has 0 bridgehead atoms. The maximum atomic E-state index is 12.3. The van der Waals surface area contributed by atoms with Crippen molar-refractivity contribution < 1.29 is 4.79 Å². The van der Waals surface area contributed by atoms with E-state index in [1.807, 2.05) is 5.01 Å². The SMILES string of the molecule is CCCNc1cnccc1C(=O)NN1CCCCC1. The Bertz CT molecular complexity index is 416. The largest absolute Gasteiger partial charge is 0.383 e. The van der Waals surface area contributed by atoms with Crippen LogP contribution in [-0.4, -0.2) is 35.5 Å². The second kappa shape index (κ2) is 7.09. The number of amides is 1. The summed E-state index contributed by atoms with van der Waals surface area (Å²) in [6, 6.07) is 1.76. The molecule has 1 aliphatic rings. The third-order valence-electron chi connectivity index (χ3n) is 3.25. The first kappa shape index (κ1) is 13.8. The molecule has 2 heterocycles. The fourth-order valence-electron chi connectivity index (χ4n) is 2.20. The van der Waals surface area contributed by atoms with Gasteiger partial charge in [-0.25, -0.2) is 5.01 Å². The Morgan fingerprint density at radius 2 is 2.16 bits per heavy atom. The van der Waals surface area contributed by atoms with Gasteiger partial charge in [-0.3, -0.25) is 15.2 Å². The zero-order valence-electron chi connectivity index (χ0n) is 11.5. The number of carbonyl (C=O) groups is 1. The monoisotopic (exact) mass is 262 g/mol. The first-order valence-electron chi connectivity index (χ1n) is 7.05. The van der Waals surface area contributed by atoms with Crippen molar-refractivity contribution >= 4 is 11.6 Å². The van der Waals surface area contributed by atoms with Crippen LogP contribution in [0.3, 0.4) is 0 Å². The van der Waals surface area contributed by atoms with E-state index >= 15 is 0 Å². The van der Waals surface area contributed by atoms with Gasteiger partial charge in [-0.2, -0.15) is 0 Å². The van der Waals surface area contributed by atoms with E-state index in [1.165, 1.54) is 6.42 Å². The standard InChI is InChI=1S/C14H22N4O/c1-2-7-16-13-11-15-8-6-12(13)14(19)17-18-9-4-3-5-10-18/h6,8,11,16H,2-5,7,9-10H2,1H3,(H,17,19). The molecule has 0 spiro atoms. The minimum absolute atomic E-state index is 0.0529. The first-order chi connectivity index (χ1) is 9.31. The molecule has 1 saturated heterocycles. The molecule has 5 heteroatoms. The third-order valence-corrected chi connectivity index (χ3v) is 3.25. The Hall–Kier alpha value is -1.62. The lowest BCUT2D eigenvalue weighted by molar-refractivity contribution is 0.0751. The summed E-state index contributed by atoms with van der Waals surface area (Å²) < 4.78 is 0. The number of rotatable bonds is 5. The van der Waals surface area contributed by atoms with E-state index < -0.39 is 0 Å². The van der Waals surface area contributed by atoms with Crippen molar-refractivity contribution in [3.8, 4) is 0 Å². The van der Waals surface area contributed by atoms with Gasteiger partial charge in [0.1, 0.15) is 0 Å². The highest BCUT2D eigenvalue weighted by atomic mass is 16.2. The van der Waals surface area contributed by atoms with Gasteiger partial charge in [0.25, 0.3) is 5.91 Å². The molecule has 0 saturated carbocycles. The van der Waals surface area contributed by atoms with E-state index in [9.17, 15) is 4.79 Å². The number of piperidine rings is 1. The molecule has 0 radical (unpaired) electrons. The van der Waals surface area contributed by atoms with Crippen molar-refractivity contribution in [3.05, 3.63) is 24.0 Å². The van der Waals surface area contributed by atoms with Crippen LogP contribution in [0.15, 0.2) is 18.5 Å². The molecular formula is C14H22N4O. The average Bonchev–Trinajstić information content (AvgIpc) is 2.46. The predicted molar refractivity (Wildman–Crippen MR) is 75.9 cm³/mol. The highest BCUT2D eigenvalue weighted by molar-refractivity contribution is 5.99. The van der Waals surface area contributed by atoms with Gasteiger partial charge in [0.15, 0.2) is 0 Å². The van der Waals surface area contributed by atoms with E-state index in [4.69, 9.17) is 0 Å². The maximum Gasteiger partial charge on any atom is 0.267 e. The Morgan fingerprint density at radius 1 is 1.37 bits per heavy atom. The van der Waals surface area contributed by atoms with E-state index in [0.29, 0.717) is 5.56 Å². The fraction of sp³-hybridized carbons (Fsp3) is 0.571. The van der Waals surface area contributed by atoms with E-state index in [1.54, 1.807) is 18.5 Å². The van der Waals surface area contributed by atoms with Crippen molar-refractivity contribution in [2.45, 2.75) is 32.6 Å². The van der Waals surface area contributed by atoms with Gasteiger partial charge in [0.05, 0.1) is 17.4 Å². The summed E-state index contributed by atoms with van der Waals surface area (Å²) in [5.74, 6) is -0.0529. The quantitative estimate of drug-likeness (QED) is 0.852. The van der Waals surface area contributed by atoms with Crippen molar-refractivity contribution in [2.24, 2.45) is 0 Å². The lowest BCUT2D eigenvalue weighted by atomic mass is 10.1. The van der Waals surface area contributed by atoms with Crippen LogP contribution in [0, 0.1) is 0 Å². The number of aromatic nitrogens is 1. The number of nitrogens with zero attached hydrogens (tertiary/aromatic N) is 2. The van der Waals surface area contributed by atoms with Crippen LogP contribution in [-0.2, 0) is 0 Å². The number of hydrogen-bond donors (Lipinski definition) is 2. The van der Waals surface area contributed by atoms with Gasteiger partial charge in [-0.1, -0.05) is 13.3 Å². The van der Waals surface area contributed by atoms with Crippen LogP contribution in [0.2, 0.25) is 0 Å². The zero-order valence-corrected chi connectivity index (χ0v) is 11.5. The topological polar surface area (TPSA) is 57.3 Å². The van der Waals surface area contributed by atoms with Crippen LogP contribution in [0.5, 0.6) is 0 Å². The number of anilines is 1. The van der Waals surface area contributed by atoms with E-state index in [-0.39, 0.29) is 5.91 Å². The summed E-state index contributed by atoms with van der Waals surface area (Å²) in [6.07, 6.45) is 7.94. The van der Waals surface area contributed by atoms with Crippen LogP contribution >= 0.6 is 0 Å². The minimum Gasteiger partial charge on any atom is -0.383 e. The van der Waals surface area contributed by atoms with Gasteiger partial charge in [-0.05, 0) is 25.3 Å². The average molecular weight is 262 g/mol. The van der Waals surface area contributed by atoms with E-state index in [2.05, 4.69) is 22.7 Å². The Kier molecular flexibility index (Phi) is 5.15. The molecule has 1 aromatic heterocycles. The molecule has 1 aliphatic heterocycles. The first-order valence-corrected chi connectivity index (χ1v) is 7.05. The van der Waals surface area contributed by atoms with Crippen LogP contribution in [0.1, 0.15) is 43.0 Å². The molecule has 104 valence electrons. The molecule has 19 heavy (non-hydrogen) atoms. The Balaban J connectivity index is 2.00. The highest BCUT2D eigenvalue weighted by Gasteiger charge is 2.16. The molecule has 1 amide bonds. The van der Waals surface area contributed by atoms with Crippen LogP contribution in [0.25, 0.3) is 0 Å². The van der Waals surface area contributed by atoms with Crippen molar-refractivity contribution in [2.75, 3.05) is 25.0 Å². The van der Waals surface area contributed by atoms with Crippen molar-refractivity contribution in [1.82, 2.24) is 15.4 Å². The fourth-order valence-corrected chi connectivity index (χ4v) is 2.20. The lowest BCUT2D eigenvalue weighted by Crippen LogP contribution is -2.45. The second-order valence-electron chi connectivity index (χ2n) is 4.84. The van der Waals surface area contributed by atoms with Crippen LogP contribution < -0.4 is 10.7 Å². The van der Waals surface area contributed by atoms with Gasteiger partial charge in [-0.15, -0.1) is 0 Å². The molecule has 1 aromatic rings. The molecule has 2 rings (SSSR count). The molecule has 0 aromatic carbocycles. The molecule has 0 atom stereocenters. The normalized spacial score (nSPS) is 16.1. The summed E-state index contributed by atoms with van der Waals surface area (Å²) in [5.41, 5.74) is 4.44. The molecular weight excluding hydrogens is 240 g/mol. The molecule has 5 nitrogen and oxygen atoms in total. The summed E-state index contributed by atoms with van der Waals surface area (Å²) in [5, 5.41) is 5.25. The third kappa shape index (κ3) is 3.92. The zero-order chi connectivity index (χ0) is 13.5. The van der Waals surface area contributed by atoms with Gasteiger partial charge < -0.3 is 5.32 Å². The Morgan fingerprint density at radius 3 is 2.89 bits per heavy atom. The minimum atomic E-state index is -0.0529. The maximum absolute atomic E-state index is 12.3. The summed E-state index contributed by atoms with van der Waals surface area (Å²) in [7, 11) is 0.